The summed E-state index contributed by atoms with van der Waals surface area (Å²) in [5.74, 6) is 1.16. The maximum atomic E-state index is 12.4. The molecule has 3 aromatic rings. The standard InChI is InChI=1S/C24H23N3O6/c1-3-32-22-13-10-18(14-23(22)31-2)24(28)26-25-15-19-6-4-5-7-21(19)33-16-17-8-11-20(12-9-17)27(29)30/h4-15H,3,16H2,1-2H3,(H,26,28)/b25-15+. The molecule has 0 aliphatic rings. The molecule has 0 atom stereocenters. The number of hydrazone groups is 1. The highest BCUT2D eigenvalue weighted by molar-refractivity contribution is 5.95. The first-order chi connectivity index (χ1) is 16.0. The van der Waals surface area contributed by atoms with Gasteiger partial charge in [0.15, 0.2) is 11.5 Å². The Bertz CT molecular complexity index is 1150. The Morgan fingerprint density at radius 1 is 1.03 bits per heavy atom. The van der Waals surface area contributed by atoms with Crippen molar-refractivity contribution < 1.29 is 23.9 Å². The topological polar surface area (TPSA) is 112 Å². The van der Waals surface area contributed by atoms with Crippen LogP contribution in [0.2, 0.25) is 0 Å². The predicted octanol–water partition coefficient (Wildman–Crippen LogP) is 4.35. The molecule has 1 N–H and O–H groups in total. The van der Waals surface area contributed by atoms with E-state index in [-0.39, 0.29) is 12.3 Å². The van der Waals surface area contributed by atoms with E-state index in [1.165, 1.54) is 25.5 Å². The van der Waals surface area contributed by atoms with Crippen molar-refractivity contribution in [3.8, 4) is 17.2 Å². The highest BCUT2D eigenvalue weighted by atomic mass is 16.6. The molecule has 9 heteroatoms. The molecule has 170 valence electrons. The molecule has 1 amide bonds. The number of carbonyl (C=O) groups excluding carboxylic acids is 1. The zero-order chi connectivity index (χ0) is 23.6. The van der Waals surface area contributed by atoms with E-state index in [1.54, 1.807) is 42.5 Å². The van der Waals surface area contributed by atoms with Gasteiger partial charge in [-0.25, -0.2) is 5.43 Å². The lowest BCUT2D eigenvalue weighted by atomic mass is 10.2. The molecule has 0 unspecified atom stereocenters. The van der Waals surface area contributed by atoms with Crippen LogP contribution in [0.25, 0.3) is 0 Å². The molecule has 9 nitrogen and oxygen atoms in total. The molecule has 0 bridgehead atoms. The molecule has 0 aliphatic heterocycles. The fraction of sp³-hybridized carbons (Fsp3) is 0.167. The number of carbonyl (C=O) groups is 1. The van der Waals surface area contributed by atoms with E-state index in [2.05, 4.69) is 10.5 Å². The number of benzene rings is 3. The van der Waals surface area contributed by atoms with Gasteiger partial charge in [0, 0.05) is 23.3 Å². The van der Waals surface area contributed by atoms with Crippen LogP contribution in [0.5, 0.6) is 17.2 Å². The number of hydrogen-bond acceptors (Lipinski definition) is 7. The van der Waals surface area contributed by atoms with E-state index in [0.29, 0.717) is 35.0 Å². The van der Waals surface area contributed by atoms with Crippen molar-refractivity contribution in [3.63, 3.8) is 0 Å². The maximum absolute atomic E-state index is 12.4. The lowest BCUT2D eigenvalue weighted by Crippen LogP contribution is -2.17. The van der Waals surface area contributed by atoms with Crippen molar-refractivity contribution in [1.29, 1.82) is 0 Å². The van der Waals surface area contributed by atoms with Gasteiger partial charge >= 0.3 is 0 Å². The third kappa shape index (κ3) is 6.30. The first-order valence-electron chi connectivity index (χ1n) is 10.1. The summed E-state index contributed by atoms with van der Waals surface area (Å²) in [4.78, 5) is 22.8. The summed E-state index contributed by atoms with van der Waals surface area (Å²) in [5, 5.41) is 14.8. The Morgan fingerprint density at radius 2 is 1.79 bits per heavy atom. The summed E-state index contributed by atoms with van der Waals surface area (Å²) in [6.07, 6.45) is 1.48. The van der Waals surface area contributed by atoms with Gasteiger partial charge in [-0.15, -0.1) is 0 Å². The summed E-state index contributed by atoms with van der Waals surface area (Å²) in [5.41, 5.74) is 4.31. The summed E-state index contributed by atoms with van der Waals surface area (Å²) in [7, 11) is 1.51. The van der Waals surface area contributed by atoms with E-state index in [9.17, 15) is 14.9 Å². The molecule has 33 heavy (non-hydrogen) atoms. The number of hydrogen-bond donors (Lipinski definition) is 1. The van der Waals surface area contributed by atoms with Crippen molar-refractivity contribution >= 4 is 17.8 Å². The third-order valence-electron chi connectivity index (χ3n) is 4.56. The second-order valence-corrected chi connectivity index (χ2v) is 6.75. The number of amides is 1. The van der Waals surface area contributed by atoms with Gasteiger partial charge in [-0.3, -0.25) is 14.9 Å². The van der Waals surface area contributed by atoms with Crippen LogP contribution in [0, 0.1) is 10.1 Å². The number of ether oxygens (including phenoxy) is 3. The van der Waals surface area contributed by atoms with E-state index >= 15 is 0 Å². The van der Waals surface area contributed by atoms with Gasteiger partial charge in [0.05, 0.1) is 24.9 Å². The first-order valence-corrected chi connectivity index (χ1v) is 10.1. The maximum Gasteiger partial charge on any atom is 0.271 e. The van der Waals surface area contributed by atoms with Gasteiger partial charge in [-0.1, -0.05) is 12.1 Å². The molecular weight excluding hydrogens is 426 g/mol. The minimum atomic E-state index is -0.450. The molecule has 3 rings (SSSR count). The number of nitrogens with zero attached hydrogens (tertiary/aromatic N) is 2. The van der Waals surface area contributed by atoms with Crippen molar-refractivity contribution in [3.05, 3.63) is 93.5 Å². The lowest BCUT2D eigenvalue weighted by Gasteiger charge is -2.10. The zero-order valence-corrected chi connectivity index (χ0v) is 18.2. The van der Waals surface area contributed by atoms with Gasteiger partial charge in [-0.2, -0.15) is 5.10 Å². The molecule has 0 saturated carbocycles. The van der Waals surface area contributed by atoms with Crippen LogP contribution >= 0.6 is 0 Å². The lowest BCUT2D eigenvalue weighted by molar-refractivity contribution is -0.384. The molecule has 0 heterocycles. The van der Waals surface area contributed by atoms with E-state index in [1.807, 2.05) is 19.1 Å². The summed E-state index contributed by atoms with van der Waals surface area (Å²) in [6.45, 7) is 2.57. The Morgan fingerprint density at radius 3 is 2.48 bits per heavy atom. The van der Waals surface area contributed by atoms with E-state index in [0.717, 1.165) is 5.56 Å². The van der Waals surface area contributed by atoms with Gasteiger partial charge in [0.25, 0.3) is 11.6 Å². The largest absolute Gasteiger partial charge is 0.493 e. The van der Waals surface area contributed by atoms with Gasteiger partial charge in [-0.05, 0) is 55.0 Å². The van der Waals surface area contributed by atoms with Crippen molar-refractivity contribution in [2.75, 3.05) is 13.7 Å². The second-order valence-electron chi connectivity index (χ2n) is 6.75. The Kier molecular flexibility index (Phi) is 7.96. The van der Waals surface area contributed by atoms with Crippen LogP contribution < -0.4 is 19.6 Å². The number of non-ortho nitro benzene ring substituents is 1. The summed E-state index contributed by atoms with van der Waals surface area (Å²) >= 11 is 0. The molecule has 3 aromatic carbocycles. The highest BCUT2D eigenvalue weighted by Gasteiger charge is 2.11. The average molecular weight is 449 g/mol. The van der Waals surface area contributed by atoms with Crippen molar-refractivity contribution in [2.45, 2.75) is 13.5 Å². The smallest absolute Gasteiger partial charge is 0.271 e. The third-order valence-corrected chi connectivity index (χ3v) is 4.56. The number of rotatable bonds is 10. The number of methoxy groups -OCH3 is 1. The Balaban J connectivity index is 1.63. The minimum absolute atomic E-state index is 0.0205. The molecule has 0 radical (unpaired) electrons. The molecule has 0 aromatic heterocycles. The van der Waals surface area contributed by atoms with Crippen LogP contribution in [0.4, 0.5) is 5.69 Å². The number of nitro groups is 1. The number of nitro benzene ring substituents is 1. The predicted molar refractivity (Wildman–Crippen MR) is 123 cm³/mol. The SMILES string of the molecule is CCOc1ccc(C(=O)N/N=C/c2ccccc2OCc2ccc([N+](=O)[O-])cc2)cc1OC. The molecule has 0 spiro atoms. The molecule has 0 fully saturated rings. The van der Waals surface area contributed by atoms with Crippen LogP contribution in [-0.2, 0) is 6.61 Å². The van der Waals surface area contributed by atoms with Gasteiger partial charge in [0.1, 0.15) is 12.4 Å². The first kappa shape index (κ1) is 23.3. The zero-order valence-electron chi connectivity index (χ0n) is 18.2. The van der Waals surface area contributed by atoms with Crippen LogP contribution in [0.3, 0.4) is 0 Å². The van der Waals surface area contributed by atoms with Crippen LogP contribution in [0.15, 0.2) is 71.8 Å². The normalized spacial score (nSPS) is 10.6. The van der Waals surface area contributed by atoms with E-state index in [4.69, 9.17) is 14.2 Å². The average Bonchev–Trinajstić information content (AvgIpc) is 2.84. The molecular formula is C24H23N3O6. The number of nitrogens with one attached hydrogen (secondary N) is 1. The van der Waals surface area contributed by atoms with Crippen molar-refractivity contribution in [2.24, 2.45) is 5.10 Å². The van der Waals surface area contributed by atoms with Crippen molar-refractivity contribution in [1.82, 2.24) is 5.43 Å². The second kappa shape index (κ2) is 11.3. The highest BCUT2D eigenvalue weighted by Crippen LogP contribution is 2.28. The Hall–Kier alpha value is -4.40. The number of para-hydroxylation sites is 1. The molecule has 0 saturated heterocycles. The van der Waals surface area contributed by atoms with Gasteiger partial charge < -0.3 is 14.2 Å². The minimum Gasteiger partial charge on any atom is -0.493 e. The molecule has 0 aliphatic carbocycles. The fourth-order valence-corrected chi connectivity index (χ4v) is 2.90. The quantitative estimate of drug-likeness (QED) is 0.280. The fourth-order valence-electron chi connectivity index (χ4n) is 2.90. The Labute approximate surface area is 190 Å². The summed E-state index contributed by atoms with van der Waals surface area (Å²) in [6, 6.07) is 18.2. The van der Waals surface area contributed by atoms with E-state index < -0.39 is 10.8 Å². The monoisotopic (exact) mass is 449 g/mol. The summed E-state index contributed by atoms with van der Waals surface area (Å²) < 4.78 is 16.6. The van der Waals surface area contributed by atoms with Crippen LogP contribution in [0.1, 0.15) is 28.4 Å². The van der Waals surface area contributed by atoms with Gasteiger partial charge in [0.2, 0.25) is 0 Å². The van der Waals surface area contributed by atoms with Crippen LogP contribution in [-0.4, -0.2) is 30.8 Å².